The molecule has 1 saturated carbocycles. The highest BCUT2D eigenvalue weighted by Crippen LogP contribution is 2.50. The number of nitrogens with two attached hydrogens (primary N) is 1. The lowest BCUT2D eigenvalue weighted by Crippen LogP contribution is -2.47. The number of rotatable bonds is 3. The number of nitrogens with zero attached hydrogens (tertiary/aromatic N) is 1. The minimum atomic E-state index is -0.412. The normalized spacial score (nSPS) is 26.1. The van der Waals surface area contributed by atoms with Crippen molar-refractivity contribution in [3.05, 3.63) is 0 Å². The van der Waals surface area contributed by atoms with Gasteiger partial charge in [-0.25, -0.2) is 4.79 Å². The van der Waals surface area contributed by atoms with Crippen LogP contribution < -0.4 is 5.73 Å². The Morgan fingerprint density at radius 3 is 2.58 bits per heavy atom. The van der Waals surface area contributed by atoms with Crippen LogP contribution in [0.3, 0.4) is 0 Å². The Labute approximate surface area is 116 Å². The van der Waals surface area contributed by atoms with Crippen molar-refractivity contribution in [2.24, 2.45) is 11.1 Å². The van der Waals surface area contributed by atoms with E-state index in [1.54, 1.807) is 0 Å². The zero-order valence-electron chi connectivity index (χ0n) is 12.6. The molecule has 1 aliphatic heterocycles. The summed E-state index contributed by atoms with van der Waals surface area (Å²) in [6.45, 7) is 7.36. The first kappa shape index (κ1) is 14.6. The summed E-state index contributed by atoms with van der Waals surface area (Å²) in [5.74, 6) is 0. The predicted molar refractivity (Wildman–Crippen MR) is 75.9 cm³/mol. The first-order valence-electron chi connectivity index (χ1n) is 7.55. The van der Waals surface area contributed by atoms with Crippen LogP contribution in [0.15, 0.2) is 0 Å². The van der Waals surface area contributed by atoms with E-state index in [9.17, 15) is 4.79 Å². The van der Waals surface area contributed by atoms with Crippen LogP contribution in [-0.2, 0) is 4.74 Å². The van der Waals surface area contributed by atoms with Gasteiger partial charge in [0.25, 0.3) is 0 Å². The molecule has 2 fully saturated rings. The van der Waals surface area contributed by atoms with Gasteiger partial charge in [-0.1, -0.05) is 0 Å². The predicted octanol–water partition coefficient (Wildman–Crippen LogP) is 2.91. The van der Waals surface area contributed by atoms with Gasteiger partial charge in [0.2, 0.25) is 0 Å². The van der Waals surface area contributed by atoms with Gasteiger partial charge in [-0.2, -0.15) is 0 Å². The molecule has 4 nitrogen and oxygen atoms in total. The third kappa shape index (κ3) is 3.85. The summed E-state index contributed by atoms with van der Waals surface area (Å²) in [7, 11) is 0. The zero-order valence-corrected chi connectivity index (χ0v) is 12.6. The van der Waals surface area contributed by atoms with Crippen molar-refractivity contribution in [2.75, 3.05) is 13.1 Å². The van der Waals surface area contributed by atoms with Crippen LogP contribution in [0.1, 0.15) is 59.3 Å². The number of carbonyl (C=O) groups is 1. The highest BCUT2D eigenvalue weighted by Gasteiger charge is 2.45. The number of carbonyl (C=O) groups excluding carboxylic acids is 1. The minimum Gasteiger partial charge on any atom is -0.444 e. The number of likely N-dealkylation sites (tertiary alicyclic amines) is 1. The van der Waals surface area contributed by atoms with Gasteiger partial charge in [-0.15, -0.1) is 0 Å². The highest BCUT2D eigenvalue weighted by molar-refractivity contribution is 5.68. The highest BCUT2D eigenvalue weighted by atomic mass is 16.6. The van der Waals surface area contributed by atoms with Gasteiger partial charge in [-0.3, -0.25) is 0 Å². The Bertz CT molecular complexity index is 332. The Hall–Kier alpha value is -0.770. The molecule has 4 heteroatoms. The SMILES string of the molecule is CC(C)(C)OC(=O)N1CCCCC1CC1(CN)CC1. The quantitative estimate of drug-likeness (QED) is 0.856. The van der Waals surface area contributed by atoms with E-state index in [1.807, 2.05) is 25.7 Å². The first-order valence-corrected chi connectivity index (χ1v) is 7.55. The van der Waals surface area contributed by atoms with Gasteiger partial charge in [0.05, 0.1) is 0 Å². The maximum atomic E-state index is 12.3. The molecule has 1 unspecified atom stereocenters. The van der Waals surface area contributed by atoms with Crippen molar-refractivity contribution in [3.8, 4) is 0 Å². The summed E-state index contributed by atoms with van der Waals surface area (Å²) >= 11 is 0. The van der Waals surface area contributed by atoms with Crippen LogP contribution in [0, 0.1) is 5.41 Å². The van der Waals surface area contributed by atoms with E-state index in [-0.39, 0.29) is 6.09 Å². The summed E-state index contributed by atoms with van der Waals surface area (Å²) < 4.78 is 5.53. The standard InChI is InChI=1S/C15H28N2O2/c1-14(2,3)19-13(18)17-9-5-4-6-12(17)10-15(11-16)7-8-15/h12H,4-11,16H2,1-3H3. The molecule has 19 heavy (non-hydrogen) atoms. The molecule has 2 rings (SSSR count). The average molecular weight is 268 g/mol. The van der Waals surface area contributed by atoms with Crippen LogP contribution in [0.4, 0.5) is 4.79 Å². The van der Waals surface area contributed by atoms with Crippen LogP contribution in [-0.4, -0.2) is 35.7 Å². The van der Waals surface area contributed by atoms with E-state index in [4.69, 9.17) is 10.5 Å². The molecular weight excluding hydrogens is 240 g/mol. The van der Waals surface area contributed by atoms with Gasteiger partial charge in [0.1, 0.15) is 5.60 Å². The fraction of sp³-hybridized carbons (Fsp3) is 0.933. The Morgan fingerprint density at radius 2 is 2.05 bits per heavy atom. The van der Waals surface area contributed by atoms with Crippen LogP contribution >= 0.6 is 0 Å². The number of hydrogen-bond donors (Lipinski definition) is 1. The lowest BCUT2D eigenvalue weighted by atomic mass is 9.90. The lowest BCUT2D eigenvalue weighted by molar-refractivity contribution is 0.00642. The summed E-state index contributed by atoms with van der Waals surface area (Å²) in [5.41, 5.74) is 5.78. The molecule has 1 atom stereocenters. The van der Waals surface area contributed by atoms with Gasteiger partial charge in [0.15, 0.2) is 0 Å². The third-order valence-corrected chi connectivity index (χ3v) is 4.31. The van der Waals surface area contributed by atoms with Crippen LogP contribution in [0.25, 0.3) is 0 Å². The molecule has 1 heterocycles. The summed E-state index contributed by atoms with van der Waals surface area (Å²) in [4.78, 5) is 14.2. The summed E-state index contributed by atoms with van der Waals surface area (Å²) in [6.07, 6.45) is 6.76. The van der Waals surface area contributed by atoms with Crippen molar-refractivity contribution in [2.45, 2.75) is 70.9 Å². The van der Waals surface area contributed by atoms with Crippen LogP contribution in [0.2, 0.25) is 0 Å². The molecule has 0 spiro atoms. The Balaban J connectivity index is 1.97. The molecule has 110 valence electrons. The van der Waals surface area contributed by atoms with Gasteiger partial charge < -0.3 is 15.4 Å². The average Bonchev–Trinajstić information content (AvgIpc) is 3.08. The summed E-state index contributed by atoms with van der Waals surface area (Å²) in [6, 6.07) is 0.328. The monoisotopic (exact) mass is 268 g/mol. The summed E-state index contributed by atoms with van der Waals surface area (Å²) in [5, 5.41) is 0. The van der Waals surface area contributed by atoms with Crippen molar-refractivity contribution in [1.82, 2.24) is 4.90 Å². The molecule has 2 N–H and O–H groups in total. The lowest BCUT2D eigenvalue weighted by Gasteiger charge is -2.38. The Kier molecular flexibility index (Phi) is 4.09. The maximum Gasteiger partial charge on any atom is 0.410 e. The third-order valence-electron chi connectivity index (χ3n) is 4.31. The van der Waals surface area contributed by atoms with E-state index in [2.05, 4.69) is 0 Å². The maximum absolute atomic E-state index is 12.3. The molecule has 0 aromatic carbocycles. The number of ether oxygens (including phenoxy) is 1. The molecule has 1 aliphatic carbocycles. The number of hydrogen-bond acceptors (Lipinski definition) is 3. The molecule has 0 bridgehead atoms. The van der Waals surface area contributed by atoms with E-state index in [1.165, 1.54) is 19.3 Å². The second-order valence-electron chi connectivity index (χ2n) is 7.23. The number of amides is 1. The first-order chi connectivity index (χ1) is 8.85. The fourth-order valence-electron chi connectivity index (χ4n) is 2.94. The van der Waals surface area contributed by atoms with E-state index < -0.39 is 5.60 Å². The Morgan fingerprint density at radius 1 is 1.37 bits per heavy atom. The van der Waals surface area contributed by atoms with Crippen LogP contribution in [0.5, 0.6) is 0 Å². The van der Waals surface area contributed by atoms with Crippen molar-refractivity contribution < 1.29 is 9.53 Å². The van der Waals surface area contributed by atoms with Crippen molar-refractivity contribution in [3.63, 3.8) is 0 Å². The van der Waals surface area contributed by atoms with E-state index in [0.717, 1.165) is 32.4 Å². The second-order valence-corrected chi connectivity index (χ2v) is 7.23. The molecule has 0 aromatic heterocycles. The molecule has 0 radical (unpaired) electrons. The van der Waals surface area contributed by atoms with E-state index in [0.29, 0.717) is 11.5 Å². The van der Waals surface area contributed by atoms with Crippen molar-refractivity contribution in [1.29, 1.82) is 0 Å². The van der Waals surface area contributed by atoms with Gasteiger partial charge >= 0.3 is 6.09 Å². The largest absolute Gasteiger partial charge is 0.444 e. The van der Waals surface area contributed by atoms with Gasteiger partial charge in [-0.05, 0) is 71.3 Å². The zero-order chi connectivity index (χ0) is 14.1. The number of piperidine rings is 1. The molecule has 0 aromatic rings. The molecule has 1 amide bonds. The molecule has 1 saturated heterocycles. The van der Waals surface area contributed by atoms with Crippen molar-refractivity contribution >= 4 is 6.09 Å². The van der Waals surface area contributed by atoms with E-state index >= 15 is 0 Å². The molecule has 2 aliphatic rings. The smallest absolute Gasteiger partial charge is 0.410 e. The fourth-order valence-corrected chi connectivity index (χ4v) is 2.94. The molecular formula is C15H28N2O2. The minimum absolute atomic E-state index is 0.148. The topological polar surface area (TPSA) is 55.6 Å². The second kappa shape index (κ2) is 5.31. The van der Waals surface area contributed by atoms with Gasteiger partial charge in [0, 0.05) is 12.6 Å².